The number of fused-ring (bicyclic) bond motifs is 1. The van der Waals surface area contributed by atoms with Crippen molar-refractivity contribution in [2.75, 3.05) is 13.7 Å². The maximum atomic E-state index is 13.1. The van der Waals surface area contributed by atoms with Crippen LogP contribution in [-0.2, 0) is 19.1 Å². The molecule has 2 aliphatic rings. The highest BCUT2D eigenvalue weighted by Gasteiger charge is 2.48. The monoisotopic (exact) mass is 375 g/mol. The Hall–Kier alpha value is -2.57. The van der Waals surface area contributed by atoms with Gasteiger partial charge in [-0.3, -0.25) is 14.4 Å². The van der Waals surface area contributed by atoms with Gasteiger partial charge in [0.2, 0.25) is 5.91 Å². The number of benzene rings is 1. The molecule has 1 aromatic rings. The van der Waals surface area contributed by atoms with Crippen LogP contribution in [0.5, 0.6) is 11.5 Å². The second-order valence-corrected chi connectivity index (χ2v) is 6.88. The molecule has 1 aliphatic heterocycles. The van der Waals surface area contributed by atoms with E-state index in [-0.39, 0.29) is 24.3 Å². The Morgan fingerprint density at radius 1 is 1.19 bits per heavy atom. The molecular formula is C20H25NO6. The number of carbonyl (C=O) groups excluding carboxylic acids is 3. The van der Waals surface area contributed by atoms with Crippen molar-refractivity contribution in [1.82, 2.24) is 5.32 Å². The van der Waals surface area contributed by atoms with Crippen molar-refractivity contribution >= 4 is 17.8 Å². The highest BCUT2D eigenvalue weighted by molar-refractivity contribution is 6.05. The molecule has 1 aromatic carbocycles. The molecule has 3 rings (SSSR count). The highest BCUT2D eigenvalue weighted by Crippen LogP contribution is 2.40. The standard InChI is InChI=1S/C20H25NO6/c1-3-26-19(23)17-16(18(22)21-12-7-5-4-6-8-12)14-10-9-13(25-2)11-15(14)27-20(17)24/h9-12,16-17H,3-8H2,1-2H3,(H,21,22). The number of ether oxygens (including phenoxy) is 3. The van der Waals surface area contributed by atoms with Crippen molar-refractivity contribution in [3.63, 3.8) is 0 Å². The van der Waals surface area contributed by atoms with Gasteiger partial charge in [0, 0.05) is 17.7 Å². The van der Waals surface area contributed by atoms with Crippen molar-refractivity contribution in [1.29, 1.82) is 0 Å². The van der Waals surface area contributed by atoms with E-state index in [0.29, 0.717) is 11.3 Å². The van der Waals surface area contributed by atoms with Gasteiger partial charge in [-0.1, -0.05) is 25.3 Å². The van der Waals surface area contributed by atoms with E-state index in [0.717, 1.165) is 32.1 Å². The first-order valence-corrected chi connectivity index (χ1v) is 9.41. The Kier molecular flexibility index (Phi) is 5.98. The number of rotatable bonds is 5. The van der Waals surface area contributed by atoms with E-state index in [2.05, 4.69) is 5.32 Å². The van der Waals surface area contributed by atoms with Gasteiger partial charge in [-0.15, -0.1) is 0 Å². The SMILES string of the molecule is CCOC(=O)C1C(=O)Oc2cc(OC)ccc2C1C(=O)NC1CCCCC1. The van der Waals surface area contributed by atoms with E-state index in [1.807, 2.05) is 0 Å². The van der Waals surface area contributed by atoms with E-state index < -0.39 is 23.8 Å². The summed E-state index contributed by atoms with van der Waals surface area (Å²) in [6.07, 6.45) is 5.10. The number of hydrogen-bond donors (Lipinski definition) is 1. The van der Waals surface area contributed by atoms with Gasteiger partial charge >= 0.3 is 11.9 Å². The number of hydrogen-bond acceptors (Lipinski definition) is 6. The largest absolute Gasteiger partial charge is 0.497 e. The van der Waals surface area contributed by atoms with Gasteiger partial charge < -0.3 is 19.5 Å². The van der Waals surface area contributed by atoms with Crippen LogP contribution in [0.1, 0.15) is 50.5 Å². The predicted molar refractivity (Wildman–Crippen MR) is 96.5 cm³/mol. The topological polar surface area (TPSA) is 90.9 Å². The van der Waals surface area contributed by atoms with Gasteiger partial charge in [0.05, 0.1) is 19.6 Å². The smallest absolute Gasteiger partial charge is 0.326 e. The molecule has 0 spiro atoms. The molecule has 1 saturated carbocycles. The molecule has 0 bridgehead atoms. The molecule has 0 radical (unpaired) electrons. The molecule has 27 heavy (non-hydrogen) atoms. The van der Waals surface area contributed by atoms with Gasteiger partial charge in [-0.25, -0.2) is 0 Å². The molecule has 7 nitrogen and oxygen atoms in total. The number of nitrogens with one attached hydrogen (secondary N) is 1. The quantitative estimate of drug-likeness (QED) is 0.483. The Bertz CT molecular complexity index is 725. The third-order valence-electron chi connectivity index (χ3n) is 5.13. The molecule has 0 aromatic heterocycles. The first-order valence-electron chi connectivity index (χ1n) is 9.41. The molecule has 1 amide bonds. The van der Waals surface area contributed by atoms with Crippen LogP contribution in [0.2, 0.25) is 0 Å². The van der Waals surface area contributed by atoms with Crippen molar-refractivity contribution in [2.24, 2.45) is 5.92 Å². The van der Waals surface area contributed by atoms with Crippen molar-refractivity contribution in [2.45, 2.75) is 51.0 Å². The second kappa shape index (κ2) is 8.41. The molecule has 1 fully saturated rings. The van der Waals surface area contributed by atoms with Gasteiger partial charge in [0.1, 0.15) is 11.5 Å². The summed E-state index contributed by atoms with van der Waals surface area (Å²) in [5, 5.41) is 3.02. The Balaban J connectivity index is 1.94. The highest BCUT2D eigenvalue weighted by atomic mass is 16.6. The van der Waals surface area contributed by atoms with E-state index in [1.165, 1.54) is 7.11 Å². The van der Waals surface area contributed by atoms with E-state index in [9.17, 15) is 14.4 Å². The molecule has 1 heterocycles. The molecule has 146 valence electrons. The fraction of sp³-hybridized carbons (Fsp3) is 0.550. The van der Waals surface area contributed by atoms with Crippen LogP contribution in [0, 0.1) is 5.92 Å². The second-order valence-electron chi connectivity index (χ2n) is 6.88. The zero-order valence-electron chi connectivity index (χ0n) is 15.7. The lowest BCUT2D eigenvalue weighted by atomic mass is 9.82. The fourth-order valence-electron chi connectivity index (χ4n) is 3.77. The predicted octanol–water partition coefficient (Wildman–Crippen LogP) is 2.33. The third-order valence-corrected chi connectivity index (χ3v) is 5.13. The number of methoxy groups -OCH3 is 1. The summed E-state index contributed by atoms with van der Waals surface area (Å²) in [5.41, 5.74) is 0.488. The van der Waals surface area contributed by atoms with Crippen LogP contribution in [0.4, 0.5) is 0 Å². The van der Waals surface area contributed by atoms with Crippen LogP contribution in [0.25, 0.3) is 0 Å². The summed E-state index contributed by atoms with van der Waals surface area (Å²) in [4.78, 5) is 38.0. The summed E-state index contributed by atoms with van der Waals surface area (Å²) >= 11 is 0. The van der Waals surface area contributed by atoms with Gasteiger partial charge in [-0.2, -0.15) is 0 Å². The summed E-state index contributed by atoms with van der Waals surface area (Å²) in [6, 6.07) is 4.96. The van der Waals surface area contributed by atoms with Gasteiger partial charge in [-0.05, 0) is 25.8 Å². The Morgan fingerprint density at radius 3 is 2.59 bits per heavy atom. The zero-order chi connectivity index (χ0) is 19.4. The van der Waals surface area contributed by atoms with E-state index in [1.54, 1.807) is 25.1 Å². The van der Waals surface area contributed by atoms with Crippen molar-refractivity contribution in [3.05, 3.63) is 23.8 Å². The molecule has 7 heteroatoms. The normalized spacial score (nSPS) is 22.4. The van der Waals surface area contributed by atoms with Crippen LogP contribution in [-0.4, -0.2) is 37.6 Å². The van der Waals surface area contributed by atoms with Crippen LogP contribution < -0.4 is 14.8 Å². The molecule has 0 saturated heterocycles. The minimum Gasteiger partial charge on any atom is -0.497 e. The Morgan fingerprint density at radius 2 is 1.93 bits per heavy atom. The van der Waals surface area contributed by atoms with Crippen LogP contribution >= 0.6 is 0 Å². The number of carbonyl (C=O) groups is 3. The summed E-state index contributed by atoms with van der Waals surface area (Å²) in [6.45, 7) is 1.77. The number of esters is 2. The van der Waals surface area contributed by atoms with Gasteiger partial charge in [0.15, 0.2) is 5.92 Å². The number of amides is 1. The lowest BCUT2D eigenvalue weighted by Gasteiger charge is -2.32. The summed E-state index contributed by atoms with van der Waals surface area (Å²) < 4.78 is 15.5. The maximum absolute atomic E-state index is 13.1. The summed E-state index contributed by atoms with van der Waals surface area (Å²) in [7, 11) is 1.50. The first-order chi connectivity index (χ1) is 13.0. The van der Waals surface area contributed by atoms with Crippen LogP contribution in [0.3, 0.4) is 0 Å². The average molecular weight is 375 g/mol. The average Bonchev–Trinajstić information content (AvgIpc) is 2.67. The van der Waals surface area contributed by atoms with E-state index in [4.69, 9.17) is 14.2 Å². The minimum atomic E-state index is -1.31. The van der Waals surface area contributed by atoms with Crippen molar-refractivity contribution in [3.8, 4) is 11.5 Å². The van der Waals surface area contributed by atoms with Crippen LogP contribution in [0.15, 0.2) is 18.2 Å². The molecule has 2 unspecified atom stereocenters. The van der Waals surface area contributed by atoms with E-state index >= 15 is 0 Å². The maximum Gasteiger partial charge on any atom is 0.326 e. The lowest BCUT2D eigenvalue weighted by Crippen LogP contribution is -2.47. The fourth-order valence-corrected chi connectivity index (χ4v) is 3.77. The molecule has 2 atom stereocenters. The summed E-state index contributed by atoms with van der Waals surface area (Å²) in [5.74, 6) is -3.41. The Labute approximate surface area is 158 Å². The minimum absolute atomic E-state index is 0.0636. The molecule has 1 N–H and O–H groups in total. The molecule has 1 aliphatic carbocycles. The third kappa shape index (κ3) is 4.07. The van der Waals surface area contributed by atoms with Gasteiger partial charge in [0.25, 0.3) is 0 Å². The lowest BCUT2D eigenvalue weighted by molar-refractivity contribution is -0.161. The van der Waals surface area contributed by atoms with Crippen molar-refractivity contribution < 1.29 is 28.6 Å². The first kappa shape index (κ1) is 19.2. The molecular weight excluding hydrogens is 350 g/mol. The zero-order valence-corrected chi connectivity index (χ0v) is 15.7.